The van der Waals surface area contributed by atoms with E-state index >= 15 is 0 Å². The van der Waals surface area contributed by atoms with Gasteiger partial charge in [0, 0.05) is 0 Å². The van der Waals surface area contributed by atoms with Gasteiger partial charge in [-0.15, -0.1) is 0 Å². The summed E-state index contributed by atoms with van der Waals surface area (Å²) in [6.45, 7) is 9.44. The van der Waals surface area contributed by atoms with Gasteiger partial charge in [-0.25, -0.2) is 0 Å². The Labute approximate surface area is 106 Å². The van der Waals surface area contributed by atoms with Crippen molar-refractivity contribution in [2.75, 3.05) is 13.2 Å². The van der Waals surface area contributed by atoms with E-state index in [0.717, 1.165) is 25.8 Å². The molecule has 0 aliphatic carbocycles. The third kappa shape index (κ3) is 6.67. The van der Waals surface area contributed by atoms with Gasteiger partial charge in [0.1, 0.15) is 5.54 Å². The Bertz CT molecular complexity index is 206. The van der Waals surface area contributed by atoms with Crippen molar-refractivity contribution >= 4 is 5.97 Å². The van der Waals surface area contributed by atoms with Crippen molar-refractivity contribution in [2.24, 2.45) is 0 Å². The van der Waals surface area contributed by atoms with E-state index in [1.54, 1.807) is 0 Å². The topological polar surface area (TPSA) is 38.3 Å². The number of carbonyl (C=O) groups excluding carboxylic acids is 1. The van der Waals surface area contributed by atoms with Crippen molar-refractivity contribution in [2.45, 2.75) is 71.8 Å². The molecule has 0 aliphatic heterocycles. The molecule has 0 bridgehead atoms. The second kappa shape index (κ2) is 9.46. The quantitative estimate of drug-likeness (QED) is 0.473. The van der Waals surface area contributed by atoms with Gasteiger partial charge in [-0.2, -0.15) is 0 Å². The number of rotatable bonds is 10. The third-order valence-corrected chi connectivity index (χ3v) is 3.02. The lowest BCUT2D eigenvalue weighted by atomic mass is 9.94. The van der Waals surface area contributed by atoms with Crippen LogP contribution < -0.4 is 5.32 Å². The molecule has 1 atom stereocenters. The fraction of sp³-hybridized carbons (Fsp3) is 0.929. The molecule has 1 N–H and O–H groups in total. The molecule has 0 saturated heterocycles. The molecule has 17 heavy (non-hydrogen) atoms. The SMILES string of the molecule is CCCCCCC(C)(NCCC)C(=O)OCC. The number of ether oxygens (including phenoxy) is 1. The lowest BCUT2D eigenvalue weighted by Gasteiger charge is -2.28. The van der Waals surface area contributed by atoms with Gasteiger partial charge in [0.2, 0.25) is 0 Å². The fourth-order valence-corrected chi connectivity index (χ4v) is 1.86. The van der Waals surface area contributed by atoms with Crippen LogP contribution in [0.5, 0.6) is 0 Å². The van der Waals surface area contributed by atoms with Gasteiger partial charge in [0.05, 0.1) is 6.61 Å². The first-order chi connectivity index (χ1) is 8.10. The van der Waals surface area contributed by atoms with E-state index in [1.165, 1.54) is 19.3 Å². The summed E-state index contributed by atoms with van der Waals surface area (Å²) < 4.78 is 5.16. The maximum Gasteiger partial charge on any atom is 0.326 e. The van der Waals surface area contributed by atoms with Gasteiger partial charge in [-0.1, -0.05) is 39.5 Å². The van der Waals surface area contributed by atoms with E-state index in [2.05, 4.69) is 19.2 Å². The summed E-state index contributed by atoms with van der Waals surface area (Å²) in [6.07, 6.45) is 6.64. The van der Waals surface area contributed by atoms with Crippen molar-refractivity contribution in [3.8, 4) is 0 Å². The number of hydrogen-bond donors (Lipinski definition) is 1. The van der Waals surface area contributed by atoms with E-state index in [0.29, 0.717) is 6.61 Å². The summed E-state index contributed by atoms with van der Waals surface area (Å²) in [5.74, 6) is -0.107. The monoisotopic (exact) mass is 243 g/mol. The molecule has 0 amide bonds. The molecule has 0 heterocycles. The van der Waals surface area contributed by atoms with Crippen LogP contribution in [-0.4, -0.2) is 24.7 Å². The highest BCUT2D eigenvalue weighted by molar-refractivity contribution is 5.80. The molecule has 102 valence electrons. The molecule has 0 aromatic rings. The van der Waals surface area contributed by atoms with E-state index in [-0.39, 0.29) is 5.97 Å². The third-order valence-electron chi connectivity index (χ3n) is 3.02. The second-order valence-corrected chi connectivity index (χ2v) is 4.79. The normalized spacial score (nSPS) is 14.4. The minimum absolute atomic E-state index is 0.107. The van der Waals surface area contributed by atoms with Crippen molar-refractivity contribution in [1.82, 2.24) is 5.32 Å². The van der Waals surface area contributed by atoms with Gasteiger partial charge in [-0.05, 0) is 33.2 Å². The highest BCUT2D eigenvalue weighted by Crippen LogP contribution is 2.17. The summed E-state index contributed by atoms with van der Waals surface area (Å²) >= 11 is 0. The first kappa shape index (κ1) is 16.4. The van der Waals surface area contributed by atoms with Crippen molar-refractivity contribution in [3.05, 3.63) is 0 Å². The van der Waals surface area contributed by atoms with Crippen LogP contribution in [-0.2, 0) is 9.53 Å². The van der Waals surface area contributed by atoms with Gasteiger partial charge < -0.3 is 10.1 Å². The molecule has 3 heteroatoms. The Hall–Kier alpha value is -0.570. The zero-order valence-corrected chi connectivity index (χ0v) is 12.0. The minimum atomic E-state index is -0.500. The average Bonchev–Trinajstić information content (AvgIpc) is 2.32. The van der Waals surface area contributed by atoms with Gasteiger partial charge in [-0.3, -0.25) is 4.79 Å². The van der Waals surface area contributed by atoms with Crippen molar-refractivity contribution in [1.29, 1.82) is 0 Å². The van der Waals surface area contributed by atoms with Crippen LogP contribution >= 0.6 is 0 Å². The highest BCUT2D eigenvalue weighted by Gasteiger charge is 2.33. The first-order valence-corrected chi connectivity index (χ1v) is 7.03. The fourth-order valence-electron chi connectivity index (χ4n) is 1.86. The van der Waals surface area contributed by atoms with Crippen LogP contribution in [0.2, 0.25) is 0 Å². The van der Waals surface area contributed by atoms with Crippen LogP contribution in [0.15, 0.2) is 0 Å². The smallest absolute Gasteiger partial charge is 0.326 e. The molecule has 3 nitrogen and oxygen atoms in total. The zero-order valence-electron chi connectivity index (χ0n) is 12.0. The number of esters is 1. The standard InChI is InChI=1S/C14H29NO2/c1-5-8-9-10-11-14(4,15-12-6-2)13(16)17-7-3/h15H,5-12H2,1-4H3. The zero-order chi connectivity index (χ0) is 13.1. The average molecular weight is 243 g/mol. The van der Waals surface area contributed by atoms with Crippen LogP contribution in [0.3, 0.4) is 0 Å². The number of hydrogen-bond acceptors (Lipinski definition) is 3. The maximum absolute atomic E-state index is 11.9. The Morgan fingerprint density at radius 3 is 2.35 bits per heavy atom. The number of carbonyl (C=O) groups is 1. The maximum atomic E-state index is 11.9. The lowest BCUT2D eigenvalue weighted by molar-refractivity contribution is -0.150. The van der Waals surface area contributed by atoms with Crippen LogP contribution in [0, 0.1) is 0 Å². The summed E-state index contributed by atoms with van der Waals surface area (Å²) in [5, 5.41) is 3.33. The summed E-state index contributed by atoms with van der Waals surface area (Å²) in [5.41, 5.74) is -0.500. The summed E-state index contributed by atoms with van der Waals surface area (Å²) in [7, 11) is 0. The van der Waals surface area contributed by atoms with E-state index in [9.17, 15) is 4.79 Å². The minimum Gasteiger partial charge on any atom is -0.465 e. The van der Waals surface area contributed by atoms with Gasteiger partial charge in [0.25, 0.3) is 0 Å². The van der Waals surface area contributed by atoms with Crippen LogP contribution in [0.25, 0.3) is 0 Å². The number of unbranched alkanes of at least 4 members (excludes halogenated alkanes) is 3. The number of nitrogens with one attached hydrogen (secondary N) is 1. The largest absolute Gasteiger partial charge is 0.465 e. The van der Waals surface area contributed by atoms with E-state index < -0.39 is 5.54 Å². The molecule has 0 radical (unpaired) electrons. The molecule has 0 fully saturated rings. The summed E-state index contributed by atoms with van der Waals surface area (Å²) in [6, 6.07) is 0. The van der Waals surface area contributed by atoms with Crippen molar-refractivity contribution in [3.63, 3.8) is 0 Å². The molecule has 0 saturated carbocycles. The molecular formula is C14H29NO2. The first-order valence-electron chi connectivity index (χ1n) is 7.03. The van der Waals surface area contributed by atoms with E-state index in [4.69, 9.17) is 4.74 Å². The lowest BCUT2D eigenvalue weighted by Crippen LogP contribution is -2.50. The molecule has 0 aromatic carbocycles. The molecule has 0 rings (SSSR count). The second-order valence-electron chi connectivity index (χ2n) is 4.79. The molecule has 0 aliphatic rings. The molecule has 0 aromatic heterocycles. The Balaban J connectivity index is 4.22. The van der Waals surface area contributed by atoms with Crippen LogP contribution in [0.1, 0.15) is 66.2 Å². The Morgan fingerprint density at radius 1 is 1.12 bits per heavy atom. The Kier molecular flexibility index (Phi) is 9.14. The van der Waals surface area contributed by atoms with Crippen LogP contribution in [0.4, 0.5) is 0 Å². The molecular weight excluding hydrogens is 214 g/mol. The van der Waals surface area contributed by atoms with Crippen molar-refractivity contribution < 1.29 is 9.53 Å². The highest BCUT2D eigenvalue weighted by atomic mass is 16.5. The summed E-state index contributed by atoms with van der Waals surface area (Å²) in [4.78, 5) is 11.9. The predicted octanol–water partition coefficient (Wildman–Crippen LogP) is 3.28. The van der Waals surface area contributed by atoms with E-state index in [1.807, 2.05) is 13.8 Å². The predicted molar refractivity (Wildman–Crippen MR) is 72.1 cm³/mol. The van der Waals surface area contributed by atoms with Gasteiger partial charge in [0.15, 0.2) is 0 Å². The van der Waals surface area contributed by atoms with Gasteiger partial charge >= 0.3 is 5.97 Å². The molecule has 1 unspecified atom stereocenters. The molecule has 0 spiro atoms. The Morgan fingerprint density at radius 2 is 1.82 bits per heavy atom.